The average molecular weight is 378 g/mol. The minimum atomic E-state index is -0.650. The molecule has 0 spiro atoms. The molecule has 1 atom stereocenters. The molecule has 1 aliphatic rings. The van der Waals surface area contributed by atoms with Gasteiger partial charge in [0.1, 0.15) is 5.82 Å². The Kier molecular flexibility index (Phi) is 4.26. The van der Waals surface area contributed by atoms with Crippen LogP contribution in [-0.4, -0.2) is 20.4 Å². The number of nitrogens with two attached hydrogens (primary N) is 2. The first-order valence-electron chi connectivity index (χ1n) is 9.20. The standard InChI is InChI=1S/C20H22N6O2/c1-10-4-3-5-12-8-15(26(13-6-7-13)19(28)16(10)12)11(2)24-18-14(17(21)27)9-23-20(22)25-18/h3-5,8-9,11,13H,6-7H2,1-2H3,(H2,21,27)(H3,22,23,24,25)/t11-/m0/s1. The van der Waals surface area contributed by atoms with Crippen LogP contribution in [0, 0.1) is 6.92 Å². The van der Waals surface area contributed by atoms with Crippen LogP contribution in [0.15, 0.2) is 35.3 Å². The van der Waals surface area contributed by atoms with Crippen LogP contribution in [0.5, 0.6) is 0 Å². The molecule has 0 bridgehead atoms. The van der Waals surface area contributed by atoms with Gasteiger partial charge in [-0.3, -0.25) is 9.59 Å². The molecule has 3 aromatic rings. The average Bonchev–Trinajstić information content (AvgIpc) is 3.46. The van der Waals surface area contributed by atoms with Gasteiger partial charge in [0.15, 0.2) is 0 Å². The number of nitrogens with one attached hydrogen (secondary N) is 1. The molecule has 8 heteroatoms. The lowest BCUT2D eigenvalue weighted by Crippen LogP contribution is -2.27. The molecule has 0 saturated heterocycles. The summed E-state index contributed by atoms with van der Waals surface area (Å²) in [6.45, 7) is 3.86. The number of primary amides is 1. The van der Waals surface area contributed by atoms with Crippen LogP contribution in [0.25, 0.3) is 10.8 Å². The predicted octanol–water partition coefficient (Wildman–Crippen LogP) is 2.29. The van der Waals surface area contributed by atoms with Crippen LogP contribution in [0.1, 0.15) is 53.5 Å². The third kappa shape index (κ3) is 3.06. The summed E-state index contributed by atoms with van der Waals surface area (Å²) in [5.41, 5.74) is 13.1. The molecule has 8 nitrogen and oxygen atoms in total. The molecule has 0 radical (unpaired) electrons. The number of rotatable bonds is 5. The summed E-state index contributed by atoms with van der Waals surface area (Å²) in [6.07, 6.45) is 3.26. The molecule has 4 rings (SSSR count). The molecule has 0 unspecified atom stereocenters. The highest BCUT2D eigenvalue weighted by Gasteiger charge is 2.29. The summed E-state index contributed by atoms with van der Waals surface area (Å²) in [5.74, 6) is -0.358. The molecule has 144 valence electrons. The van der Waals surface area contributed by atoms with Gasteiger partial charge in [-0.2, -0.15) is 4.98 Å². The zero-order valence-corrected chi connectivity index (χ0v) is 15.8. The van der Waals surface area contributed by atoms with Gasteiger partial charge >= 0.3 is 0 Å². The summed E-state index contributed by atoms with van der Waals surface area (Å²) in [6, 6.07) is 7.75. The Labute approximate surface area is 161 Å². The van der Waals surface area contributed by atoms with E-state index >= 15 is 0 Å². The Morgan fingerprint density at radius 2 is 2.11 bits per heavy atom. The molecule has 2 aromatic heterocycles. The van der Waals surface area contributed by atoms with E-state index in [0.29, 0.717) is 0 Å². The highest BCUT2D eigenvalue weighted by atomic mass is 16.1. The van der Waals surface area contributed by atoms with Gasteiger partial charge in [-0.15, -0.1) is 0 Å². The highest BCUT2D eigenvalue weighted by Crippen LogP contribution is 2.37. The number of carbonyl (C=O) groups excluding carboxylic acids is 1. The number of hydrogen-bond donors (Lipinski definition) is 3. The number of fused-ring (bicyclic) bond motifs is 1. The Morgan fingerprint density at radius 3 is 2.79 bits per heavy atom. The Bertz CT molecular complexity index is 1150. The van der Waals surface area contributed by atoms with E-state index in [-0.39, 0.29) is 35.0 Å². The first-order chi connectivity index (χ1) is 13.4. The van der Waals surface area contributed by atoms with Crippen LogP contribution in [0.3, 0.4) is 0 Å². The van der Waals surface area contributed by atoms with Crippen LogP contribution in [0.2, 0.25) is 0 Å². The number of benzene rings is 1. The summed E-state index contributed by atoms with van der Waals surface area (Å²) in [4.78, 5) is 32.9. The van der Waals surface area contributed by atoms with E-state index in [0.717, 1.165) is 34.9 Å². The molecule has 1 aliphatic carbocycles. The number of aromatic nitrogens is 3. The van der Waals surface area contributed by atoms with E-state index in [1.54, 1.807) is 0 Å². The first kappa shape index (κ1) is 18.0. The van der Waals surface area contributed by atoms with Crippen LogP contribution >= 0.6 is 0 Å². The number of nitrogen functional groups attached to an aromatic ring is 1. The van der Waals surface area contributed by atoms with E-state index < -0.39 is 5.91 Å². The van der Waals surface area contributed by atoms with Crippen molar-refractivity contribution >= 4 is 28.4 Å². The van der Waals surface area contributed by atoms with Gasteiger partial charge in [0.2, 0.25) is 5.95 Å². The number of hydrogen-bond acceptors (Lipinski definition) is 6. The maximum atomic E-state index is 13.3. The van der Waals surface area contributed by atoms with E-state index in [2.05, 4.69) is 15.3 Å². The second kappa shape index (κ2) is 6.63. The Balaban J connectivity index is 1.83. The quantitative estimate of drug-likeness (QED) is 0.625. The molecule has 28 heavy (non-hydrogen) atoms. The normalized spacial score (nSPS) is 14.8. The number of carbonyl (C=O) groups is 1. The third-order valence-corrected chi connectivity index (χ3v) is 5.10. The first-order valence-corrected chi connectivity index (χ1v) is 9.20. The van der Waals surface area contributed by atoms with Crippen molar-refractivity contribution in [3.63, 3.8) is 0 Å². The fourth-order valence-corrected chi connectivity index (χ4v) is 3.58. The topological polar surface area (TPSA) is 129 Å². The molecule has 2 heterocycles. The van der Waals surface area contributed by atoms with Gasteiger partial charge < -0.3 is 21.4 Å². The summed E-state index contributed by atoms with van der Waals surface area (Å²) in [5, 5.41) is 4.82. The molecular formula is C20H22N6O2. The van der Waals surface area contributed by atoms with Crippen molar-refractivity contribution in [2.75, 3.05) is 11.1 Å². The summed E-state index contributed by atoms with van der Waals surface area (Å²) in [7, 11) is 0. The lowest BCUT2D eigenvalue weighted by atomic mass is 10.0. The predicted molar refractivity (Wildman–Crippen MR) is 108 cm³/mol. The maximum absolute atomic E-state index is 13.3. The molecule has 1 amide bonds. The zero-order valence-electron chi connectivity index (χ0n) is 15.8. The van der Waals surface area contributed by atoms with Crippen LogP contribution in [0.4, 0.5) is 11.8 Å². The number of aryl methyl sites for hydroxylation is 1. The zero-order chi connectivity index (χ0) is 20.0. The van der Waals surface area contributed by atoms with Gasteiger partial charge in [-0.05, 0) is 43.7 Å². The van der Waals surface area contributed by atoms with Gasteiger partial charge in [0.05, 0.1) is 17.0 Å². The Morgan fingerprint density at radius 1 is 1.36 bits per heavy atom. The largest absolute Gasteiger partial charge is 0.368 e. The summed E-state index contributed by atoms with van der Waals surface area (Å²) < 4.78 is 1.86. The number of pyridine rings is 1. The lowest BCUT2D eigenvalue weighted by Gasteiger charge is -2.22. The fraction of sp³-hybridized carbons (Fsp3) is 0.300. The van der Waals surface area contributed by atoms with Gasteiger partial charge in [0, 0.05) is 17.9 Å². The van der Waals surface area contributed by atoms with Crippen molar-refractivity contribution in [2.45, 2.75) is 38.8 Å². The number of nitrogens with zero attached hydrogens (tertiary/aromatic N) is 3. The van der Waals surface area contributed by atoms with E-state index in [4.69, 9.17) is 11.5 Å². The third-order valence-electron chi connectivity index (χ3n) is 5.10. The molecular weight excluding hydrogens is 356 g/mol. The minimum Gasteiger partial charge on any atom is -0.368 e. The number of anilines is 2. The van der Waals surface area contributed by atoms with Crippen LogP contribution < -0.4 is 22.3 Å². The maximum Gasteiger partial charge on any atom is 0.259 e. The molecule has 5 N–H and O–H groups in total. The van der Waals surface area contributed by atoms with Crippen LogP contribution in [-0.2, 0) is 0 Å². The highest BCUT2D eigenvalue weighted by molar-refractivity contribution is 5.97. The monoisotopic (exact) mass is 378 g/mol. The second-order valence-electron chi connectivity index (χ2n) is 7.24. The fourth-order valence-electron chi connectivity index (χ4n) is 3.58. The molecule has 0 aliphatic heterocycles. The van der Waals surface area contributed by atoms with E-state index in [1.165, 1.54) is 6.20 Å². The van der Waals surface area contributed by atoms with Gasteiger partial charge in [0.25, 0.3) is 11.5 Å². The van der Waals surface area contributed by atoms with Crippen molar-refractivity contribution in [3.8, 4) is 0 Å². The van der Waals surface area contributed by atoms with Gasteiger partial charge in [-0.25, -0.2) is 4.98 Å². The van der Waals surface area contributed by atoms with E-state index in [1.807, 2.05) is 42.7 Å². The van der Waals surface area contributed by atoms with Crippen molar-refractivity contribution in [1.82, 2.24) is 14.5 Å². The molecule has 1 saturated carbocycles. The lowest BCUT2D eigenvalue weighted by molar-refractivity contribution is 0.100. The van der Waals surface area contributed by atoms with Crippen molar-refractivity contribution in [2.24, 2.45) is 5.73 Å². The van der Waals surface area contributed by atoms with Crippen molar-refractivity contribution in [1.29, 1.82) is 0 Å². The summed E-state index contributed by atoms with van der Waals surface area (Å²) >= 11 is 0. The molecule has 1 aromatic carbocycles. The Hall–Kier alpha value is -3.42. The SMILES string of the molecule is Cc1cccc2cc([C@H](C)Nc3nc(N)ncc3C(N)=O)n(C3CC3)c(=O)c12. The van der Waals surface area contributed by atoms with Crippen molar-refractivity contribution < 1.29 is 4.79 Å². The smallest absolute Gasteiger partial charge is 0.259 e. The number of amides is 1. The van der Waals surface area contributed by atoms with Crippen molar-refractivity contribution in [3.05, 3.63) is 57.6 Å². The van der Waals surface area contributed by atoms with E-state index in [9.17, 15) is 9.59 Å². The van der Waals surface area contributed by atoms with Gasteiger partial charge in [-0.1, -0.05) is 18.2 Å². The minimum absolute atomic E-state index is 0.0130. The molecule has 1 fully saturated rings. The second-order valence-corrected chi connectivity index (χ2v) is 7.24.